The van der Waals surface area contributed by atoms with E-state index in [4.69, 9.17) is 0 Å². The first kappa shape index (κ1) is 24.2. The maximum Gasteiger partial charge on any atom is 0.354 e. The van der Waals surface area contributed by atoms with Crippen LogP contribution >= 0.6 is 0 Å². The number of carbonyl (C=O) groups is 1. The standard InChI is InChI=1S/C25H29N5O5/c1-3-28-24(34)27-23(30(25(28)35)14-17-6-4-16(2)5-7-17)26-19-9-11-20(12-10-19)29-15-18(22(32)33)8-13-21(29)31/h8-13,15-17H,3-7,14H2,1-2H3,(H,32,33)(H,26,27,34). The van der Waals surface area contributed by atoms with Crippen molar-refractivity contribution in [2.24, 2.45) is 11.8 Å². The molecule has 2 aromatic heterocycles. The number of pyridine rings is 1. The fourth-order valence-electron chi connectivity index (χ4n) is 4.48. The Labute approximate surface area is 201 Å². The quantitative estimate of drug-likeness (QED) is 0.533. The molecule has 1 saturated carbocycles. The van der Waals surface area contributed by atoms with Crippen molar-refractivity contribution in [3.63, 3.8) is 0 Å². The van der Waals surface area contributed by atoms with Crippen LogP contribution in [0.15, 0.2) is 57.0 Å². The van der Waals surface area contributed by atoms with Crippen molar-refractivity contribution in [2.45, 2.75) is 52.6 Å². The summed E-state index contributed by atoms with van der Waals surface area (Å²) in [5.41, 5.74) is -0.316. The molecule has 0 aliphatic heterocycles. The SMILES string of the molecule is CCn1c(=O)nc(Nc2ccc(-n3cc(C(=O)O)ccc3=O)cc2)n(CC2CCC(C)CC2)c1=O. The van der Waals surface area contributed by atoms with Crippen LogP contribution in [0, 0.1) is 11.8 Å². The molecule has 10 heteroatoms. The van der Waals surface area contributed by atoms with Crippen LogP contribution in [0.2, 0.25) is 0 Å². The van der Waals surface area contributed by atoms with Crippen LogP contribution in [-0.4, -0.2) is 29.8 Å². The zero-order valence-electron chi connectivity index (χ0n) is 19.8. The second-order valence-electron chi connectivity index (χ2n) is 9.08. The van der Waals surface area contributed by atoms with Crippen LogP contribution in [0.5, 0.6) is 0 Å². The molecule has 1 aliphatic rings. The van der Waals surface area contributed by atoms with E-state index in [0.29, 0.717) is 29.8 Å². The molecule has 0 spiro atoms. The van der Waals surface area contributed by atoms with Crippen LogP contribution in [0.25, 0.3) is 5.69 Å². The lowest BCUT2D eigenvalue weighted by Gasteiger charge is -2.27. The van der Waals surface area contributed by atoms with E-state index in [0.717, 1.165) is 30.3 Å². The van der Waals surface area contributed by atoms with E-state index in [2.05, 4.69) is 17.2 Å². The molecule has 1 aromatic carbocycles. The van der Waals surface area contributed by atoms with Crippen LogP contribution in [0.1, 0.15) is 49.9 Å². The molecule has 2 N–H and O–H groups in total. The minimum absolute atomic E-state index is 0.00591. The second-order valence-corrected chi connectivity index (χ2v) is 9.08. The normalized spacial score (nSPS) is 17.8. The van der Waals surface area contributed by atoms with Crippen LogP contribution < -0.4 is 22.3 Å². The maximum atomic E-state index is 13.1. The topological polar surface area (TPSA) is 128 Å². The first-order valence-electron chi connectivity index (χ1n) is 11.8. The lowest BCUT2D eigenvalue weighted by atomic mass is 9.83. The molecule has 0 atom stereocenters. The summed E-state index contributed by atoms with van der Waals surface area (Å²) in [6.45, 7) is 4.70. The van der Waals surface area contributed by atoms with Crippen molar-refractivity contribution in [3.8, 4) is 5.69 Å². The second kappa shape index (κ2) is 10.1. The Kier molecular flexibility index (Phi) is 6.99. The summed E-state index contributed by atoms with van der Waals surface area (Å²) in [6, 6.07) is 9.11. The highest BCUT2D eigenvalue weighted by Gasteiger charge is 2.22. The molecule has 0 saturated heterocycles. The van der Waals surface area contributed by atoms with Crippen molar-refractivity contribution in [1.29, 1.82) is 0 Å². The number of nitrogens with one attached hydrogen (secondary N) is 1. The van der Waals surface area contributed by atoms with E-state index in [1.54, 1.807) is 35.8 Å². The number of benzene rings is 1. The van der Waals surface area contributed by atoms with E-state index in [-0.39, 0.29) is 29.3 Å². The number of rotatable bonds is 7. The predicted octanol–water partition coefficient (Wildman–Crippen LogP) is 2.84. The van der Waals surface area contributed by atoms with Gasteiger partial charge in [-0.2, -0.15) is 4.98 Å². The predicted molar refractivity (Wildman–Crippen MR) is 132 cm³/mol. The van der Waals surface area contributed by atoms with Crippen molar-refractivity contribution < 1.29 is 9.90 Å². The van der Waals surface area contributed by atoms with E-state index in [9.17, 15) is 24.3 Å². The molecule has 0 radical (unpaired) electrons. The molecule has 3 aromatic rings. The van der Waals surface area contributed by atoms with Gasteiger partial charge >= 0.3 is 17.3 Å². The summed E-state index contributed by atoms with van der Waals surface area (Å²) >= 11 is 0. The highest BCUT2D eigenvalue weighted by atomic mass is 16.4. The fourth-order valence-corrected chi connectivity index (χ4v) is 4.48. The van der Waals surface area contributed by atoms with Gasteiger partial charge in [-0.25, -0.2) is 19.0 Å². The number of aromatic carboxylic acids is 1. The van der Waals surface area contributed by atoms with E-state index < -0.39 is 11.7 Å². The Bertz CT molecular complexity index is 1400. The van der Waals surface area contributed by atoms with Gasteiger partial charge in [0.15, 0.2) is 0 Å². The molecule has 1 fully saturated rings. The number of hydrogen-bond acceptors (Lipinski definition) is 6. The maximum absolute atomic E-state index is 13.1. The van der Waals surface area contributed by atoms with Gasteiger partial charge in [0, 0.05) is 36.7 Å². The molecular weight excluding hydrogens is 450 g/mol. The molecule has 35 heavy (non-hydrogen) atoms. The molecule has 0 unspecified atom stereocenters. The van der Waals surface area contributed by atoms with Gasteiger partial charge in [-0.1, -0.05) is 19.8 Å². The largest absolute Gasteiger partial charge is 0.478 e. The van der Waals surface area contributed by atoms with Gasteiger partial charge in [0.2, 0.25) is 5.95 Å². The number of aromatic nitrogens is 4. The van der Waals surface area contributed by atoms with Gasteiger partial charge in [0.25, 0.3) is 5.56 Å². The van der Waals surface area contributed by atoms with Gasteiger partial charge in [0.1, 0.15) is 0 Å². The van der Waals surface area contributed by atoms with Gasteiger partial charge in [-0.05, 0) is 61.9 Å². The number of hydrogen-bond donors (Lipinski definition) is 2. The zero-order chi connectivity index (χ0) is 25.1. The lowest BCUT2D eigenvalue weighted by molar-refractivity contribution is 0.0696. The molecule has 10 nitrogen and oxygen atoms in total. The van der Waals surface area contributed by atoms with Gasteiger partial charge in [-0.15, -0.1) is 0 Å². The van der Waals surface area contributed by atoms with Crippen molar-refractivity contribution >= 4 is 17.6 Å². The Morgan fingerprint density at radius 1 is 1.03 bits per heavy atom. The number of carboxylic acid groups (broad SMARTS) is 1. The summed E-state index contributed by atoms with van der Waals surface area (Å²) in [5, 5.41) is 12.3. The molecular formula is C25H29N5O5. The zero-order valence-corrected chi connectivity index (χ0v) is 19.8. The number of carboxylic acids is 1. The summed E-state index contributed by atoms with van der Waals surface area (Å²) in [6.07, 6.45) is 5.55. The first-order valence-corrected chi connectivity index (χ1v) is 11.8. The summed E-state index contributed by atoms with van der Waals surface area (Å²) in [5.74, 6) is 0.0757. The fraction of sp³-hybridized carbons (Fsp3) is 0.400. The molecule has 0 bridgehead atoms. The van der Waals surface area contributed by atoms with Crippen molar-refractivity contribution in [2.75, 3.05) is 5.32 Å². The molecule has 184 valence electrons. The minimum atomic E-state index is -1.13. The highest BCUT2D eigenvalue weighted by Crippen LogP contribution is 2.29. The monoisotopic (exact) mass is 479 g/mol. The van der Waals surface area contributed by atoms with Gasteiger partial charge in [-0.3, -0.25) is 13.9 Å². The third-order valence-corrected chi connectivity index (χ3v) is 6.60. The smallest absolute Gasteiger partial charge is 0.354 e. The third kappa shape index (κ3) is 5.26. The Hall–Kier alpha value is -3.95. The molecule has 1 aliphatic carbocycles. The number of nitrogens with zero attached hydrogens (tertiary/aromatic N) is 4. The minimum Gasteiger partial charge on any atom is -0.478 e. The molecule has 4 rings (SSSR count). The van der Waals surface area contributed by atoms with E-state index >= 15 is 0 Å². The lowest BCUT2D eigenvalue weighted by Crippen LogP contribution is -2.43. The Morgan fingerprint density at radius 2 is 1.71 bits per heavy atom. The highest BCUT2D eigenvalue weighted by molar-refractivity contribution is 5.87. The summed E-state index contributed by atoms with van der Waals surface area (Å²) < 4.78 is 3.91. The Balaban J connectivity index is 1.64. The number of anilines is 2. The van der Waals surface area contributed by atoms with Crippen LogP contribution in [-0.2, 0) is 13.1 Å². The first-order chi connectivity index (χ1) is 16.8. The van der Waals surface area contributed by atoms with Crippen LogP contribution in [0.3, 0.4) is 0 Å². The third-order valence-electron chi connectivity index (χ3n) is 6.60. The van der Waals surface area contributed by atoms with Gasteiger partial charge in [0.05, 0.1) is 5.56 Å². The van der Waals surface area contributed by atoms with Crippen LogP contribution in [0.4, 0.5) is 11.6 Å². The van der Waals surface area contributed by atoms with Crippen molar-refractivity contribution in [3.05, 3.63) is 79.5 Å². The van der Waals surface area contributed by atoms with E-state index in [1.807, 2.05) is 0 Å². The summed E-state index contributed by atoms with van der Waals surface area (Å²) in [4.78, 5) is 53.2. The van der Waals surface area contributed by atoms with Crippen molar-refractivity contribution in [1.82, 2.24) is 18.7 Å². The molecule has 0 amide bonds. The summed E-state index contributed by atoms with van der Waals surface area (Å²) in [7, 11) is 0. The van der Waals surface area contributed by atoms with Gasteiger partial charge < -0.3 is 10.4 Å². The molecule has 2 heterocycles. The van der Waals surface area contributed by atoms with E-state index in [1.165, 1.54) is 22.9 Å². The Morgan fingerprint density at radius 3 is 2.34 bits per heavy atom. The average Bonchev–Trinajstić information content (AvgIpc) is 2.84. The average molecular weight is 480 g/mol.